The number of H-pyrrole nitrogens is 1. The Kier molecular flexibility index (Phi) is 4.48. The van der Waals surface area contributed by atoms with Crippen molar-refractivity contribution < 1.29 is 4.39 Å². The molecule has 0 aliphatic carbocycles. The smallest absolute Gasteiger partial charge is 0.123 e. The van der Waals surface area contributed by atoms with Crippen molar-refractivity contribution in [1.29, 1.82) is 0 Å². The minimum absolute atomic E-state index is 0.200. The lowest BCUT2D eigenvalue weighted by molar-refractivity contribution is 0.304. The first-order valence-electron chi connectivity index (χ1n) is 7.96. The van der Waals surface area contributed by atoms with Gasteiger partial charge >= 0.3 is 0 Å². The van der Waals surface area contributed by atoms with E-state index < -0.39 is 0 Å². The molecule has 0 bridgehead atoms. The van der Waals surface area contributed by atoms with E-state index in [9.17, 15) is 4.39 Å². The summed E-state index contributed by atoms with van der Waals surface area (Å²) in [5, 5.41) is 0.915. The van der Waals surface area contributed by atoms with Crippen LogP contribution in [0.4, 0.5) is 4.39 Å². The monoisotopic (exact) mass is 314 g/mol. The van der Waals surface area contributed by atoms with Crippen molar-refractivity contribution in [3.8, 4) is 0 Å². The van der Waals surface area contributed by atoms with Gasteiger partial charge in [0, 0.05) is 42.4 Å². The van der Waals surface area contributed by atoms with Crippen molar-refractivity contribution in [1.82, 2.24) is 19.4 Å². The van der Waals surface area contributed by atoms with Crippen LogP contribution in [0.5, 0.6) is 0 Å². The summed E-state index contributed by atoms with van der Waals surface area (Å²) in [6, 6.07) is 6.84. The van der Waals surface area contributed by atoms with Gasteiger partial charge in [-0.1, -0.05) is 13.8 Å². The normalized spacial score (nSPS) is 11.9. The van der Waals surface area contributed by atoms with E-state index in [4.69, 9.17) is 0 Å². The molecule has 0 saturated heterocycles. The van der Waals surface area contributed by atoms with Gasteiger partial charge in [0.15, 0.2) is 0 Å². The van der Waals surface area contributed by atoms with Crippen molar-refractivity contribution >= 4 is 10.9 Å². The highest BCUT2D eigenvalue weighted by Gasteiger charge is 2.09. The maximum absolute atomic E-state index is 13.3. The molecule has 0 fully saturated rings. The highest BCUT2D eigenvalue weighted by Crippen LogP contribution is 2.18. The molecule has 0 aliphatic rings. The first kappa shape index (κ1) is 15.7. The lowest BCUT2D eigenvalue weighted by Gasteiger charge is -2.17. The van der Waals surface area contributed by atoms with Crippen LogP contribution in [0.2, 0.25) is 0 Å². The highest BCUT2D eigenvalue weighted by atomic mass is 19.1. The summed E-state index contributed by atoms with van der Waals surface area (Å²) < 4.78 is 15.5. The number of imidazole rings is 1. The van der Waals surface area contributed by atoms with Crippen molar-refractivity contribution in [2.45, 2.75) is 33.5 Å². The van der Waals surface area contributed by atoms with Crippen LogP contribution in [-0.2, 0) is 19.6 Å². The summed E-state index contributed by atoms with van der Waals surface area (Å²) in [6.45, 7) is 7.00. The van der Waals surface area contributed by atoms with Gasteiger partial charge in [-0.2, -0.15) is 0 Å². The average Bonchev–Trinajstić information content (AvgIpc) is 3.04. The number of benzene rings is 1. The Morgan fingerprint density at radius 1 is 1.26 bits per heavy atom. The van der Waals surface area contributed by atoms with E-state index in [-0.39, 0.29) is 5.82 Å². The fourth-order valence-corrected chi connectivity index (χ4v) is 2.91. The van der Waals surface area contributed by atoms with Crippen LogP contribution in [0.1, 0.15) is 25.2 Å². The summed E-state index contributed by atoms with van der Waals surface area (Å²) in [6.07, 6.45) is 3.83. The number of hydrogen-bond donors (Lipinski definition) is 1. The van der Waals surface area contributed by atoms with E-state index in [1.54, 1.807) is 12.1 Å². The third-order valence-corrected chi connectivity index (χ3v) is 3.87. The molecule has 0 amide bonds. The number of aromatic amines is 1. The summed E-state index contributed by atoms with van der Waals surface area (Å²) in [4.78, 5) is 9.85. The Balaban J connectivity index is 1.68. The Labute approximate surface area is 135 Å². The van der Waals surface area contributed by atoms with E-state index >= 15 is 0 Å². The second-order valence-electron chi connectivity index (χ2n) is 6.63. The van der Waals surface area contributed by atoms with Crippen molar-refractivity contribution in [2.75, 3.05) is 7.05 Å². The Bertz CT molecular complexity index is 787. The molecular formula is C18H23FN4. The summed E-state index contributed by atoms with van der Waals surface area (Å²) in [5.41, 5.74) is 3.27. The molecule has 0 aliphatic heterocycles. The van der Waals surface area contributed by atoms with Crippen molar-refractivity contribution in [3.63, 3.8) is 0 Å². The molecule has 3 aromatic rings. The van der Waals surface area contributed by atoms with Crippen LogP contribution in [0.3, 0.4) is 0 Å². The van der Waals surface area contributed by atoms with Crippen LogP contribution in [0.15, 0.2) is 36.8 Å². The first-order chi connectivity index (χ1) is 11.0. The Hall–Kier alpha value is -2.14. The average molecular weight is 314 g/mol. The maximum Gasteiger partial charge on any atom is 0.123 e. The van der Waals surface area contributed by atoms with Gasteiger partial charge in [0.05, 0.1) is 12.0 Å². The second kappa shape index (κ2) is 6.54. The predicted octanol–water partition coefficient (Wildman–Crippen LogP) is 3.79. The van der Waals surface area contributed by atoms with E-state index in [0.29, 0.717) is 5.92 Å². The molecule has 23 heavy (non-hydrogen) atoms. The molecular weight excluding hydrogens is 291 g/mol. The predicted molar refractivity (Wildman–Crippen MR) is 90.5 cm³/mol. The number of nitrogens with zero attached hydrogens (tertiary/aromatic N) is 3. The molecule has 0 saturated carbocycles. The van der Waals surface area contributed by atoms with Crippen LogP contribution in [0.25, 0.3) is 10.9 Å². The van der Waals surface area contributed by atoms with E-state index in [1.807, 2.05) is 18.6 Å². The maximum atomic E-state index is 13.3. The molecule has 1 aromatic carbocycles. The van der Waals surface area contributed by atoms with Gasteiger partial charge in [0.2, 0.25) is 0 Å². The zero-order valence-corrected chi connectivity index (χ0v) is 13.9. The molecule has 3 rings (SSSR count). The fraction of sp³-hybridized carbons (Fsp3) is 0.389. The molecule has 2 aromatic heterocycles. The highest BCUT2D eigenvalue weighted by molar-refractivity contribution is 5.80. The van der Waals surface area contributed by atoms with Gasteiger partial charge in [0.25, 0.3) is 0 Å². The number of halogens is 1. The lowest BCUT2D eigenvalue weighted by Crippen LogP contribution is -2.20. The van der Waals surface area contributed by atoms with Crippen LogP contribution < -0.4 is 0 Å². The van der Waals surface area contributed by atoms with E-state index in [1.165, 1.54) is 11.8 Å². The minimum Gasteiger partial charge on any atom is -0.357 e. The number of nitrogens with one attached hydrogen (secondary N) is 1. The summed E-state index contributed by atoms with van der Waals surface area (Å²) in [7, 11) is 2.08. The third-order valence-electron chi connectivity index (χ3n) is 3.87. The fourth-order valence-electron chi connectivity index (χ4n) is 2.91. The van der Waals surface area contributed by atoms with Crippen LogP contribution in [-0.4, -0.2) is 26.5 Å². The molecule has 4 nitrogen and oxygen atoms in total. The van der Waals surface area contributed by atoms with Gasteiger partial charge in [-0.3, -0.25) is 4.90 Å². The van der Waals surface area contributed by atoms with Gasteiger partial charge in [0.1, 0.15) is 5.82 Å². The van der Waals surface area contributed by atoms with Gasteiger partial charge < -0.3 is 9.55 Å². The largest absolute Gasteiger partial charge is 0.357 e. The second-order valence-corrected chi connectivity index (χ2v) is 6.63. The zero-order valence-electron chi connectivity index (χ0n) is 13.9. The number of aromatic nitrogens is 3. The molecule has 0 spiro atoms. The third kappa shape index (κ3) is 3.79. The zero-order chi connectivity index (χ0) is 16.4. The summed E-state index contributed by atoms with van der Waals surface area (Å²) in [5.74, 6) is 0.394. The van der Waals surface area contributed by atoms with Gasteiger partial charge in [-0.25, -0.2) is 9.37 Å². The summed E-state index contributed by atoms with van der Waals surface area (Å²) >= 11 is 0. The molecule has 0 atom stereocenters. The van der Waals surface area contributed by atoms with E-state index in [0.717, 1.165) is 36.2 Å². The molecule has 0 radical (unpaired) electrons. The van der Waals surface area contributed by atoms with Crippen molar-refractivity contribution in [2.24, 2.45) is 5.92 Å². The van der Waals surface area contributed by atoms with E-state index in [2.05, 4.69) is 40.3 Å². The molecule has 122 valence electrons. The topological polar surface area (TPSA) is 36.9 Å². The molecule has 5 heteroatoms. The van der Waals surface area contributed by atoms with Crippen LogP contribution >= 0.6 is 0 Å². The lowest BCUT2D eigenvalue weighted by atomic mass is 10.2. The molecule has 2 heterocycles. The number of rotatable bonds is 6. The number of fused-ring (bicyclic) bond motifs is 1. The quantitative estimate of drug-likeness (QED) is 0.751. The van der Waals surface area contributed by atoms with Gasteiger partial charge in [-0.05, 0) is 37.2 Å². The Morgan fingerprint density at radius 3 is 2.87 bits per heavy atom. The molecule has 0 unspecified atom stereocenters. The van der Waals surface area contributed by atoms with Crippen molar-refractivity contribution in [3.05, 3.63) is 54.0 Å². The van der Waals surface area contributed by atoms with Gasteiger partial charge in [-0.15, -0.1) is 0 Å². The first-order valence-corrected chi connectivity index (χ1v) is 7.96. The van der Waals surface area contributed by atoms with Crippen LogP contribution in [0, 0.1) is 11.7 Å². The molecule has 1 N–H and O–H groups in total. The standard InChI is InChI=1S/C18H23FN4/c1-13(2)9-23-12-20-8-17(23)11-22(3)10-16-7-14-6-15(19)4-5-18(14)21-16/h4-8,12-13,21H,9-11H2,1-3H3. The Morgan fingerprint density at radius 2 is 2.09 bits per heavy atom. The SMILES string of the molecule is CC(C)Cn1cncc1CN(C)Cc1cc2cc(F)ccc2[nH]1. The minimum atomic E-state index is -0.200. The number of hydrogen-bond acceptors (Lipinski definition) is 2.